The number of rotatable bonds is 5. The second-order valence-electron chi connectivity index (χ2n) is 6.04. The first-order valence-electron chi connectivity index (χ1n) is 7.56. The van der Waals surface area contributed by atoms with Gasteiger partial charge in [-0.1, -0.05) is 31.9 Å². The van der Waals surface area contributed by atoms with Gasteiger partial charge in [-0.3, -0.25) is 0 Å². The van der Waals surface area contributed by atoms with Gasteiger partial charge in [-0.2, -0.15) is 0 Å². The summed E-state index contributed by atoms with van der Waals surface area (Å²) in [5.74, 6) is 2.71. The van der Waals surface area contributed by atoms with Crippen molar-refractivity contribution in [2.24, 2.45) is 11.8 Å². The van der Waals surface area contributed by atoms with Crippen LogP contribution in [-0.4, -0.2) is 13.7 Å². The van der Waals surface area contributed by atoms with Crippen molar-refractivity contribution in [2.45, 2.75) is 45.6 Å². The van der Waals surface area contributed by atoms with Gasteiger partial charge in [0, 0.05) is 6.04 Å². The van der Waals surface area contributed by atoms with Crippen molar-refractivity contribution in [2.75, 3.05) is 13.7 Å². The van der Waals surface area contributed by atoms with Crippen molar-refractivity contribution in [3.05, 3.63) is 29.8 Å². The van der Waals surface area contributed by atoms with Crippen molar-refractivity contribution >= 4 is 0 Å². The van der Waals surface area contributed by atoms with Crippen molar-refractivity contribution in [3.63, 3.8) is 0 Å². The van der Waals surface area contributed by atoms with Crippen LogP contribution in [0, 0.1) is 11.8 Å². The Morgan fingerprint density at radius 3 is 2.63 bits per heavy atom. The van der Waals surface area contributed by atoms with Gasteiger partial charge >= 0.3 is 0 Å². The topological polar surface area (TPSA) is 21.3 Å². The molecule has 1 N–H and O–H groups in total. The third-order valence-corrected chi connectivity index (χ3v) is 4.37. The Hall–Kier alpha value is -1.02. The summed E-state index contributed by atoms with van der Waals surface area (Å²) in [4.78, 5) is 0. The molecule has 2 nitrogen and oxygen atoms in total. The van der Waals surface area contributed by atoms with Crippen molar-refractivity contribution < 1.29 is 4.74 Å². The Morgan fingerprint density at radius 1 is 1.26 bits per heavy atom. The molecule has 0 spiro atoms. The van der Waals surface area contributed by atoms with Gasteiger partial charge in [0.05, 0.1) is 7.11 Å². The molecule has 1 aromatic rings. The normalized spacial score (nSPS) is 25.0. The van der Waals surface area contributed by atoms with Crippen LogP contribution in [0.4, 0.5) is 0 Å². The van der Waals surface area contributed by atoms with E-state index in [4.69, 9.17) is 4.74 Å². The minimum atomic E-state index is 0.420. The van der Waals surface area contributed by atoms with Gasteiger partial charge in [0.1, 0.15) is 5.75 Å². The van der Waals surface area contributed by atoms with E-state index in [0.29, 0.717) is 6.04 Å². The van der Waals surface area contributed by atoms with Crippen LogP contribution < -0.4 is 10.1 Å². The summed E-state index contributed by atoms with van der Waals surface area (Å²) in [6, 6.07) is 8.80. The van der Waals surface area contributed by atoms with E-state index in [1.807, 2.05) is 12.1 Å². The first-order valence-corrected chi connectivity index (χ1v) is 7.56. The quantitative estimate of drug-likeness (QED) is 0.859. The van der Waals surface area contributed by atoms with Crippen LogP contribution in [0.1, 0.15) is 51.1 Å². The second kappa shape index (κ2) is 6.95. The van der Waals surface area contributed by atoms with Crippen LogP contribution in [0.25, 0.3) is 0 Å². The minimum Gasteiger partial charge on any atom is -0.497 e. The summed E-state index contributed by atoms with van der Waals surface area (Å²) in [6.07, 6.45) is 5.62. The number of benzene rings is 1. The third-order valence-electron chi connectivity index (χ3n) is 4.37. The highest BCUT2D eigenvalue weighted by Gasteiger charge is 2.19. The average Bonchev–Trinajstić information content (AvgIpc) is 2.45. The molecule has 0 saturated heterocycles. The molecule has 0 aromatic heterocycles. The molecule has 0 bridgehead atoms. The monoisotopic (exact) mass is 261 g/mol. The predicted octanol–water partition coefficient (Wildman–Crippen LogP) is 4.17. The van der Waals surface area contributed by atoms with Gasteiger partial charge in [0.2, 0.25) is 0 Å². The molecule has 1 aliphatic carbocycles. The molecular formula is C17H27NO. The van der Waals surface area contributed by atoms with Crippen LogP contribution in [-0.2, 0) is 0 Å². The van der Waals surface area contributed by atoms with Gasteiger partial charge in [-0.05, 0) is 55.8 Å². The molecule has 3 unspecified atom stereocenters. The molecule has 1 saturated carbocycles. The zero-order valence-electron chi connectivity index (χ0n) is 12.5. The van der Waals surface area contributed by atoms with Crippen LogP contribution in [0.2, 0.25) is 0 Å². The van der Waals surface area contributed by atoms with Crippen LogP contribution in [0.15, 0.2) is 24.3 Å². The third kappa shape index (κ3) is 4.24. The molecule has 0 heterocycles. The van der Waals surface area contributed by atoms with Crippen molar-refractivity contribution in [1.29, 1.82) is 0 Å². The summed E-state index contributed by atoms with van der Waals surface area (Å²) in [5.41, 5.74) is 1.34. The summed E-state index contributed by atoms with van der Waals surface area (Å²) in [5, 5.41) is 3.69. The summed E-state index contributed by atoms with van der Waals surface area (Å²) in [7, 11) is 1.71. The fourth-order valence-electron chi connectivity index (χ4n) is 3.10. The van der Waals surface area contributed by atoms with Gasteiger partial charge < -0.3 is 10.1 Å². The maximum atomic E-state index is 5.20. The Kier molecular flexibility index (Phi) is 5.26. The Morgan fingerprint density at radius 2 is 2.00 bits per heavy atom. The fraction of sp³-hybridized carbons (Fsp3) is 0.647. The molecule has 0 aliphatic heterocycles. The minimum absolute atomic E-state index is 0.420. The van der Waals surface area contributed by atoms with Crippen LogP contribution >= 0.6 is 0 Å². The maximum absolute atomic E-state index is 5.20. The van der Waals surface area contributed by atoms with E-state index in [0.717, 1.165) is 24.1 Å². The number of nitrogens with one attached hydrogen (secondary N) is 1. The van der Waals surface area contributed by atoms with Gasteiger partial charge in [0.15, 0.2) is 0 Å². The molecule has 2 heteroatoms. The van der Waals surface area contributed by atoms with E-state index in [-0.39, 0.29) is 0 Å². The Labute approximate surface area is 117 Å². The zero-order valence-corrected chi connectivity index (χ0v) is 12.5. The molecule has 1 fully saturated rings. The molecule has 106 valence electrons. The lowest BCUT2D eigenvalue weighted by Gasteiger charge is -2.28. The predicted molar refractivity (Wildman–Crippen MR) is 80.5 cm³/mol. The first kappa shape index (κ1) is 14.4. The number of hydrogen-bond donors (Lipinski definition) is 1. The highest BCUT2D eigenvalue weighted by Crippen LogP contribution is 2.28. The van der Waals surface area contributed by atoms with E-state index in [1.54, 1.807) is 7.11 Å². The standard InChI is InChI=1S/C17H27NO/c1-13-5-4-6-15(11-13)12-18-14(2)16-7-9-17(19-3)10-8-16/h7-10,13-15,18H,4-6,11-12H2,1-3H3. The zero-order chi connectivity index (χ0) is 13.7. The molecule has 1 aliphatic rings. The molecule has 3 atom stereocenters. The molecule has 0 amide bonds. The molecule has 1 aromatic carbocycles. The average molecular weight is 261 g/mol. The van der Waals surface area contributed by atoms with Crippen molar-refractivity contribution in [1.82, 2.24) is 5.32 Å². The van der Waals surface area contributed by atoms with Gasteiger partial charge in [-0.25, -0.2) is 0 Å². The lowest BCUT2D eigenvalue weighted by Crippen LogP contribution is -2.28. The molecule has 19 heavy (non-hydrogen) atoms. The molecule has 2 rings (SSSR count). The fourth-order valence-corrected chi connectivity index (χ4v) is 3.10. The lowest BCUT2D eigenvalue weighted by molar-refractivity contribution is 0.268. The summed E-state index contributed by atoms with van der Waals surface area (Å²) >= 11 is 0. The summed E-state index contributed by atoms with van der Waals surface area (Å²) in [6.45, 7) is 5.78. The number of hydrogen-bond acceptors (Lipinski definition) is 2. The smallest absolute Gasteiger partial charge is 0.118 e. The highest BCUT2D eigenvalue weighted by molar-refractivity contribution is 5.28. The van der Waals surface area contributed by atoms with Crippen LogP contribution in [0.3, 0.4) is 0 Å². The number of ether oxygens (including phenoxy) is 1. The van der Waals surface area contributed by atoms with E-state index in [2.05, 4.69) is 31.3 Å². The SMILES string of the molecule is COc1ccc(C(C)NCC2CCCC(C)C2)cc1. The van der Waals surface area contributed by atoms with Crippen molar-refractivity contribution in [3.8, 4) is 5.75 Å². The van der Waals surface area contributed by atoms with Gasteiger partial charge in [-0.15, -0.1) is 0 Å². The van der Waals surface area contributed by atoms with E-state index < -0.39 is 0 Å². The van der Waals surface area contributed by atoms with Crippen LogP contribution in [0.5, 0.6) is 5.75 Å². The first-order chi connectivity index (χ1) is 9.19. The Balaban J connectivity index is 1.81. The summed E-state index contributed by atoms with van der Waals surface area (Å²) < 4.78 is 5.20. The van der Waals surface area contributed by atoms with Gasteiger partial charge in [0.25, 0.3) is 0 Å². The van der Waals surface area contributed by atoms with E-state index in [1.165, 1.54) is 31.2 Å². The van der Waals surface area contributed by atoms with E-state index >= 15 is 0 Å². The lowest BCUT2D eigenvalue weighted by atomic mass is 9.82. The highest BCUT2D eigenvalue weighted by atomic mass is 16.5. The van der Waals surface area contributed by atoms with E-state index in [9.17, 15) is 0 Å². The largest absolute Gasteiger partial charge is 0.497 e. The molecular weight excluding hydrogens is 234 g/mol. The second-order valence-corrected chi connectivity index (χ2v) is 6.04. The molecule has 0 radical (unpaired) electrons. The number of methoxy groups -OCH3 is 1. The maximum Gasteiger partial charge on any atom is 0.118 e. The Bertz CT molecular complexity index is 373.